The number of nitrogens with zero attached hydrogens (tertiary/aromatic N) is 4. The minimum absolute atomic E-state index is 0.532. The summed E-state index contributed by atoms with van der Waals surface area (Å²) in [6.45, 7) is 6.21. The SMILES string of the molecule is C=CCN=c1scc(-c2ccccc2OC)n1N=C(C)c1ccccn1. The number of pyridine rings is 1. The average Bonchev–Trinajstić information content (AvgIpc) is 3.09. The molecule has 26 heavy (non-hydrogen) atoms. The maximum Gasteiger partial charge on any atom is 0.206 e. The number of aromatic nitrogens is 2. The minimum Gasteiger partial charge on any atom is -0.496 e. The number of methoxy groups -OCH3 is 1. The molecule has 0 unspecified atom stereocenters. The highest BCUT2D eigenvalue weighted by molar-refractivity contribution is 7.07. The zero-order valence-corrected chi connectivity index (χ0v) is 15.6. The number of benzene rings is 1. The second-order valence-electron chi connectivity index (χ2n) is 5.45. The molecule has 0 saturated carbocycles. The van der Waals surface area contributed by atoms with Crippen LogP contribution in [0.5, 0.6) is 5.75 Å². The van der Waals surface area contributed by atoms with E-state index < -0.39 is 0 Å². The van der Waals surface area contributed by atoms with Crippen molar-refractivity contribution in [2.75, 3.05) is 13.7 Å². The highest BCUT2D eigenvalue weighted by Gasteiger charge is 2.12. The van der Waals surface area contributed by atoms with Crippen LogP contribution < -0.4 is 9.54 Å². The Morgan fingerprint density at radius 3 is 2.81 bits per heavy atom. The molecule has 0 saturated heterocycles. The third-order valence-corrected chi connectivity index (χ3v) is 4.56. The van der Waals surface area contributed by atoms with Crippen LogP contribution in [0.25, 0.3) is 11.3 Å². The quantitative estimate of drug-likeness (QED) is 0.491. The number of hydrogen-bond donors (Lipinski definition) is 0. The topological polar surface area (TPSA) is 51.8 Å². The Kier molecular flexibility index (Phi) is 5.76. The molecule has 1 aromatic carbocycles. The first-order chi connectivity index (χ1) is 12.7. The maximum absolute atomic E-state index is 5.52. The smallest absolute Gasteiger partial charge is 0.206 e. The van der Waals surface area contributed by atoms with Gasteiger partial charge in [0, 0.05) is 17.1 Å². The van der Waals surface area contributed by atoms with Crippen LogP contribution in [0, 0.1) is 0 Å². The summed E-state index contributed by atoms with van der Waals surface area (Å²) in [5.74, 6) is 0.792. The van der Waals surface area contributed by atoms with Crippen molar-refractivity contribution in [2.24, 2.45) is 10.1 Å². The molecule has 0 bridgehead atoms. The van der Waals surface area contributed by atoms with Crippen molar-refractivity contribution in [3.63, 3.8) is 0 Å². The van der Waals surface area contributed by atoms with E-state index in [-0.39, 0.29) is 0 Å². The van der Waals surface area contributed by atoms with Gasteiger partial charge in [-0.05, 0) is 31.2 Å². The molecule has 2 aromatic heterocycles. The Labute approximate surface area is 156 Å². The van der Waals surface area contributed by atoms with Crippen molar-refractivity contribution in [1.29, 1.82) is 0 Å². The Morgan fingerprint density at radius 2 is 2.08 bits per heavy atom. The predicted octanol–water partition coefficient (Wildman–Crippen LogP) is 3.98. The molecular weight excluding hydrogens is 344 g/mol. The Balaban J connectivity index is 2.18. The maximum atomic E-state index is 5.52. The molecule has 0 N–H and O–H groups in total. The third-order valence-electron chi connectivity index (χ3n) is 3.71. The second-order valence-corrected chi connectivity index (χ2v) is 6.28. The van der Waals surface area contributed by atoms with Gasteiger partial charge in [0.1, 0.15) is 5.75 Å². The molecule has 3 rings (SSSR count). The van der Waals surface area contributed by atoms with Crippen molar-refractivity contribution < 1.29 is 4.74 Å². The lowest BCUT2D eigenvalue weighted by Gasteiger charge is -2.09. The normalized spacial score (nSPS) is 12.2. The van der Waals surface area contributed by atoms with Crippen LogP contribution in [-0.4, -0.2) is 29.0 Å². The van der Waals surface area contributed by atoms with Gasteiger partial charge in [-0.1, -0.05) is 24.3 Å². The van der Waals surface area contributed by atoms with Crippen LogP contribution in [-0.2, 0) is 0 Å². The largest absolute Gasteiger partial charge is 0.496 e. The van der Waals surface area contributed by atoms with Crippen molar-refractivity contribution in [1.82, 2.24) is 9.66 Å². The van der Waals surface area contributed by atoms with Crippen LogP contribution in [0.1, 0.15) is 12.6 Å². The fraction of sp³-hybridized carbons (Fsp3) is 0.150. The summed E-state index contributed by atoms with van der Waals surface area (Å²) in [5.41, 5.74) is 3.52. The summed E-state index contributed by atoms with van der Waals surface area (Å²) in [5, 5.41) is 6.83. The summed E-state index contributed by atoms with van der Waals surface area (Å²) in [7, 11) is 1.67. The number of rotatable bonds is 6. The molecule has 6 heteroatoms. The highest BCUT2D eigenvalue weighted by atomic mass is 32.1. The Bertz CT molecular complexity index is 986. The molecule has 0 radical (unpaired) electrons. The molecule has 0 spiro atoms. The molecular formula is C20H20N4OS. The lowest BCUT2D eigenvalue weighted by atomic mass is 10.1. The summed E-state index contributed by atoms with van der Waals surface area (Å²) >= 11 is 1.53. The predicted molar refractivity (Wildman–Crippen MR) is 107 cm³/mol. The standard InChI is InChI=1S/C20H20N4OS/c1-4-12-22-20-24(23-15(2)17-10-7-8-13-21-17)18(14-26-20)16-9-5-6-11-19(16)25-3/h4-11,13-14H,1,12H2,2-3H3. The van der Waals surface area contributed by atoms with Gasteiger partial charge in [0.05, 0.1) is 30.8 Å². The van der Waals surface area contributed by atoms with Crippen LogP contribution in [0.3, 0.4) is 0 Å². The molecule has 2 heterocycles. The Hall–Kier alpha value is -2.99. The summed E-state index contributed by atoms with van der Waals surface area (Å²) in [6, 6.07) is 13.7. The first-order valence-electron chi connectivity index (χ1n) is 8.17. The third kappa shape index (κ3) is 3.81. The van der Waals surface area contributed by atoms with E-state index in [4.69, 9.17) is 9.84 Å². The second kappa shape index (κ2) is 8.40. The van der Waals surface area contributed by atoms with E-state index in [0.29, 0.717) is 6.54 Å². The van der Waals surface area contributed by atoms with Crippen LogP contribution in [0.2, 0.25) is 0 Å². The number of hydrogen-bond acceptors (Lipinski definition) is 5. The van der Waals surface area contributed by atoms with Gasteiger partial charge < -0.3 is 4.74 Å². The molecule has 0 aliphatic carbocycles. The van der Waals surface area contributed by atoms with Gasteiger partial charge >= 0.3 is 0 Å². The molecule has 0 aliphatic rings. The van der Waals surface area contributed by atoms with Crippen molar-refractivity contribution >= 4 is 17.0 Å². The van der Waals surface area contributed by atoms with Gasteiger partial charge in [-0.15, -0.1) is 17.9 Å². The minimum atomic E-state index is 0.532. The van der Waals surface area contributed by atoms with Gasteiger partial charge in [0.25, 0.3) is 0 Å². The lowest BCUT2D eigenvalue weighted by Crippen LogP contribution is -2.15. The molecule has 0 fully saturated rings. The molecule has 0 aliphatic heterocycles. The zero-order chi connectivity index (χ0) is 18.4. The van der Waals surface area contributed by atoms with Gasteiger partial charge in [-0.2, -0.15) is 5.10 Å². The van der Waals surface area contributed by atoms with Crippen molar-refractivity contribution in [3.05, 3.63) is 77.2 Å². The number of ether oxygens (including phenoxy) is 1. The molecule has 0 atom stereocenters. The van der Waals surface area contributed by atoms with E-state index >= 15 is 0 Å². The molecule has 132 valence electrons. The zero-order valence-electron chi connectivity index (χ0n) is 14.8. The van der Waals surface area contributed by atoms with E-state index in [1.807, 2.05) is 59.4 Å². The first-order valence-corrected chi connectivity index (χ1v) is 9.05. The monoisotopic (exact) mass is 364 g/mol. The van der Waals surface area contributed by atoms with Gasteiger partial charge in [-0.3, -0.25) is 9.98 Å². The average molecular weight is 364 g/mol. The first kappa shape index (κ1) is 17.8. The lowest BCUT2D eigenvalue weighted by molar-refractivity contribution is 0.416. The molecule has 0 amide bonds. The number of thiazole rings is 1. The van der Waals surface area contributed by atoms with Crippen molar-refractivity contribution in [2.45, 2.75) is 6.92 Å². The van der Waals surface area contributed by atoms with Crippen LogP contribution >= 0.6 is 11.3 Å². The van der Waals surface area contributed by atoms with Crippen LogP contribution in [0.15, 0.2) is 76.8 Å². The Morgan fingerprint density at radius 1 is 1.27 bits per heavy atom. The molecule has 5 nitrogen and oxygen atoms in total. The van der Waals surface area contributed by atoms with Gasteiger partial charge in [-0.25, -0.2) is 4.68 Å². The van der Waals surface area contributed by atoms with Gasteiger partial charge in [0.2, 0.25) is 4.80 Å². The van der Waals surface area contributed by atoms with Crippen molar-refractivity contribution in [3.8, 4) is 17.0 Å². The van der Waals surface area contributed by atoms with E-state index in [1.54, 1.807) is 19.4 Å². The number of para-hydroxylation sites is 1. The summed E-state index contributed by atoms with van der Waals surface area (Å²) in [6.07, 6.45) is 3.53. The summed E-state index contributed by atoms with van der Waals surface area (Å²) < 4.78 is 7.36. The fourth-order valence-electron chi connectivity index (χ4n) is 2.47. The van der Waals surface area contributed by atoms with Crippen LogP contribution in [0.4, 0.5) is 0 Å². The van der Waals surface area contributed by atoms with E-state index in [9.17, 15) is 0 Å². The fourth-order valence-corrected chi connectivity index (χ4v) is 3.30. The highest BCUT2D eigenvalue weighted by Crippen LogP contribution is 2.30. The summed E-state index contributed by atoms with van der Waals surface area (Å²) in [4.78, 5) is 9.74. The molecule has 3 aromatic rings. The van der Waals surface area contributed by atoms with E-state index in [2.05, 4.69) is 16.6 Å². The van der Waals surface area contributed by atoms with E-state index in [0.717, 1.165) is 33.2 Å². The van der Waals surface area contributed by atoms with E-state index in [1.165, 1.54) is 11.3 Å². The van der Waals surface area contributed by atoms with Gasteiger partial charge in [0.15, 0.2) is 0 Å².